The number of rotatable bonds is 0. The lowest BCUT2D eigenvalue weighted by Gasteiger charge is -1.96. The molecule has 0 radical (unpaired) electrons. The third kappa shape index (κ3) is 0.928. The molecule has 0 saturated heterocycles. The molecule has 1 saturated carbocycles. The van der Waals surface area contributed by atoms with Crippen molar-refractivity contribution in [3.8, 4) is 0 Å². The molecular formula is C4H8ClF2N. The van der Waals surface area contributed by atoms with Crippen LogP contribution in [0, 0.1) is 0 Å². The zero-order valence-corrected chi connectivity index (χ0v) is 5.27. The molecule has 1 atom stereocenters. The molecule has 0 aliphatic heterocycles. The molecule has 2 N–H and O–H groups in total. The number of hydrogen-bond donors (Lipinski definition) is 1. The Kier molecular flexibility index (Phi) is 1.57. The summed E-state index contributed by atoms with van der Waals surface area (Å²) in [4.78, 5) is 0. The molecule has 8 heavy (non-hydrogen) atoms. The second kappa shape index (κ2) is 1.54. The van der Waals surface area contributed by atoms with Crippen LogP contribution in [0.2, 0.25) is 0 Å². The van der Waals surface area contributed by atoms with E-state index in [0.29, 0.717) is 0 Å². The summed E-state index contributed by atoms with van der Waals surface area (Å²) in [5.74, 6) is -2.58. The van der Waals surface area contributed by atoms with E-state index >= 15 is 0 Å². The minimum atomic E-state index is -2.58. The van der Waals surface area contributed by atoms with Gasteiger partial charge in [-0.2, -0.15) is 0 Å². The molecule has 0 aromatic carbocycles. The van der Waals surface area contributed by atoms with Crippen LogP contribution in [0.4, 0.5) is 8.78 Å². The van der Waals surface area contributed by atoms with Crippen LogP contribution in [0.1, 0.15) is 13.3 Å². The third-order valence-corrected chi connectivity index (χ3v) is 1.30. The molecule has 0 spiro atoms. The van der Waals surface area contributed by atoms with Crippen LogP contribution in [0.3, 0.4) is 0 Å². The first-order valence-corrected chi connectivity index (χ1v) is 2.12. The summed E-state index contributed by atoms with van der Waals surface area (Å²) in [5.41, 5.74) is 3.81. The second-order valence-corrected chi connectivity index (χ2v) is 2.30. The SMILES string of the molecule is C[C@@]1(N)CC1(F)F.Cl. The van der Waals surface area contributed by atoms with Crippen LogP contribution in [0.15, 0.2) is 0 Å². The lowest BCUT2D eigenvalue weighted by atomic mass is 10.3. The maximum absolute atomic E-state index is 11.8. The van der Waals surface area contributed by atoms with Gasteiger partial charge < -0.3 is 5.73 Å². The van der Waals surface area contributed by atoms with Crippen molar-refractivity contribution in [2.75, 3.05) is 0 Å². The molecular weight excluding hydrogens is 136 g/mol. The van der Waals surface area contributed by atoms with Crippen molar-refractivity contribution in [3.05, 3.63) is 0 Å². The molecule has 0 amide bonds. The van der Waals surface area contributed by atoms with Crippen LogP contribution in [-0.2, 0) is 0 Å². The van der Waals surface area contributed by atoms with Gasteiger partial charge in [0.2, 0.25) is 0 Å². The maximum Gasteiger partial charge on any atom is 0.267 e. The summed E-state index contributed by atoms with van der Waals surface area (Å²) in [6.45, 7) is 1.35. The number of nitrogens with two attached hydrogens (primary N) is 1. The van der Waals surface area contributed by atoms with E-state index in [4.69, 9.17) is 5.73 Å². The fourth-order valence-corrected chi connectivity index (χ4v) is 0.417. The van der Waals surface area contributed by atoms with Gasteiger partial charge in [-0.1, -0.05) is 0 Å². The van der Waals surface area contributed by atoms with Crippen LogP contribution in [-0.4, -0.2) is 11.5 Å². The Hall–Kier alpha value is 0.110. The lowest BCUT2D eigenvalue weighted by molar-refractivity contribution is 0.0937. The van der Waals surface area contributed by atoms with Gasteiger partial charge in [0, 0.05) is 6.42 Å². The molecule has 50 valence electrons. The Morgan fingerprint density at radius 2 is 1.62 bits per heavy atom. The standard InChI is InChI=1S/C4H7F2N.ClH/c1-3(7)2-4(3,5)6;/h2,7H2,1H3;1H/t3-;/m1./s1. The van der Waals surface area contributed by atoms with Gasteiger partial charge in [-0.25, -0.2) is 8.78 Å². The molecule has 0 bridgehead atoms. The predicted molar refractivity (Wildman–Crippen MR) is 29.4 cm³/mol. The van der Waals surface area contributed by atoms with E-state index in [1.807, 2.05) is 0 Å². The van der Waals surface area contributed by atoms with Crippen molar-refractivity contribution in [2.24, 2.45) is 5.73 Å². The van der Waals surface area contributed by atoms with Crippen molar-refractivity contribution in [2.45, 2.75) is 24.8 Å². The zero-order chi connectivity index (χ0) is 5.71. The summed E-state index contributed by atoms with van der Waals surface area (Å²) >= 11 is 0. The predicted octanol–water partition coefficient (Wildman–Crippen LogP) is 1.16. The fourth-order valence-electron chi connectivity index (χ4n) is 0.417. The highest BCUT2D eigenvalue weighted by Gasteiger charge is 2.65. The summed E-state index contributed by atoms with van der Waals surface area (Å²) in [6.07, 6.45) is -0.153. The molecule has 4 heteroatoms. The van der Waals surface area contributed by atoms with Gasteiger partial charge in [-0.15, -0.1) is 12.4 Å². The minimum absolute atomic E-state index is 0. The minimum Gasteiger partial charge on any atom is -0.320 e. The number of alkyl halides is 2. The Morgan fingerprint density at radius 1 is 1.50 bits per heavy atom. The molecule has 1 aliphatic rings. The van der Waals surface area contributed by atoms with Crippen LogP contribution >= 0.6 is 12.4 Å². The Bertz CT molecular complexity index is 90.2. The topological polar surface area (TPSA) is 26.0 Å². The molecule has 1 rings (SSSR count). The van der Waals surface area contributed by atoms with Crippen LogP contribution in [0.25, 0.3) is 0 Å². The van der Waals surface area contributed by atoms with Crippen molar-refractivity contribution < 1.29 is 8.78 Å². The van der Waals surface area contributed by atoms with E-state index in [1.54, 1.807) is 0 Å². The molecule has 0 aromatic heterocycles. The van der Waals surface area contributed by atoms with E-state index in [9.17, 15) is 8.78 Å². The zero-order valence-electron chi connectivity index (χ0n) is 4.45. The second-order valence-electron chi connectivity index (χ2n) is 2.30. The quantitative estimate of drug-likeness (QED) is 0.541. The molecule has 0 aromatic rings. The Labute approximate surface area is 52.7 Å². The summed E-state index contributed by atoms with van der Waals surface area (Å²) < 4.78 is 23.6. The van der Waals surface area contributed by atoms with Crippen molar-refractivity contribution in [1.29, 1.82) is 0 Å². The highest BCUT2D eigenvalue weighted by Crippen LogP contribution is 2.49. The highest BCUT2D eigenvalue weighted by molar-refractivity contribution is 5.85. The maximum atomic E-state index is 11.8. The fraction of sp³-hybridized carbons (Fsp3) is 1.00. The van der Waals surface area contributed by atoms with Gasteiger partial charge in [-0.3, -0.25) is 0 Å². The van der Waals surface area contributed by atoms with Crippen LogP contribution in [0.5, 0.6) is 0 Å². The summed E-state index contributed by atoms with van der Waals surface area (Å²) in [5, 5.41) is 0. The smallest absolute Gasteiger partial charge is 0.267 e. The molecule has 1 aliphatic carbocycles. The molecule has 0 heterocycles. The normalized spacial score (nSPS) is 40.5. The highest BCUT2D eigenvalue weighted by atomic mass is 35.5. The van der Waals surface area contributed by atoms with Gasteiger partial charge in [-0.05, 0) is 6.92 Å². The first-order valence-electron chi connectivity index (χ1n) is 2.12. The van der Waals surface area contributed by atoms with Gasteiger partial charge in [0.15, 0.2) is 0 Å². The average molecular weight is 144 g/mol. The van der Waals surface area contributed by atoms with E-state index < -0.39 is 11.5 Å². The van der Waals surface area contributed by atoms with Gasteiger partial charge in [0.05, 0.1) is 5.54 Å². The molecule has 1 fully saturated rings. The first-order chi connectivity index (χ1) is 2.96. The number of hydrogen-bond acceptors (Lipinski definition) is 1. The Morgan fingerprint density at radius 3 is 1.62 bits per heavy atom. The number of halogens is 3. The van der Waals surface area contributed by atoms with Crippen molar-refractivity contribution >= 4 is 12.4 Å². The van der Waals surface area contributed by atoms with E-state index in [0.717, 1.165) is 0 Å². The summed E-state index contributed by atoms with van der Waals surface area (Å²) in [6, 6.07) is 0. The van der Waals surface area contributed by atoms with E-state index in [1.165, 1.54) is 6.92 Å². The van der Waals surface area contributed by atoms with Crippen molar-refractivity contribution in [1.82, 2.24) is 0 Å². The van der Waals surface area contributed by atoms with Gasteiger partial charge in [0.25, 0.3) is 5.92 Å². The Balaban J connectivity index is 0.000000490. The third-order valence-electron chi connectivity index (χ3n) is 1.30. The lowest BCUT2D eigenvalue weighted by Crippen LogP contribution is -2.24. The van der Waals surface area contributed by atoms with E-state index in [-0.39, 0.29) is 18.8 Å². The molecule has 1 nitrogen and oxygen atoms in total. The summed E-state index contributed by atoms with van der Waals surface area (Å²) in [7, 11) is 0. The van der Waals surface area contributed by atoms with Gasteiger partial charge >= 0.3 is 0 Å². The van der Waals surface area contributed by atoms with E-state index in [2.05, 4.69) is 0 Å². The van der Waals surface area contributed by atoms with Crippen LogP contribution < -0.4 is 5.73 Å². The molecule has 0 unspecified atom stereocenters. The first kappa shape index (κ1) is 8.11. The van der Waals surface area contributed by atoms with Crippen molar-refractivity contribution in [3.63, 3.8) is 0 Å². The largest absolute Gasteiger partial charge is 0.320 e. The average Bonchev–Trinajstić information content (AvgIpc) is 1.63. The van der Waals surface area contributed by atoms with Gasteiger partial charge in [0.1, 0.15) is 0 Å². The monoisotopic (exact) mass is 143 g/mol.